The number of fused-ring (bicyclic) bond motifs is 1. The first kappa shape index (κ1) is 41.5. The maximum Gasteiger partial charge on any atom is 0.285 e. The molecule has 2 aliphatic heterocycles. The van der Waals surface area contributed by atoms with E-state index in [-0.39, 0.29) is 71.0 Å². The van der Waals surface area contributed by atoms with E-state index in [0.717, 1.165) is 38.5 Å². The van der Waals surface area contributed by atoms with Gasteiger partial charge in [0.05, 0.1) is 6.04 Å². The molecule has 10 heteroatoms. The highest BCUT2D eigenvalue weighted by Crippen LogP contribution is 2.88. The van der Waals surface area contributed by atoms with Gasteiger partial charge in [0.1, 0.15) is 5.78 Å². The minimum Gasteiger partial charge on any atom is -0.363 e. The fourth-order valence-corrected chi connectivity index (χ4v) is 11.2. The van der Waals surface area contributed by atoms with E-state index in [2.05, 4.69) is 39.6 Å². The SMILES string of the molecule is C[C@H]1CN(C(=O)[C@@H](CC(=O)C[C@H](C(=O)N2C[C@]3(C[C@H]2C(=O)CC(CC2CCC2)C(=O)C(N)=O)C(C)(C)C32CCC2)C(C)(C)C)C(C)(C)C)C[C@H](C)N1C. The van der Waals surface area contributed by atoms with Crippen LogP contribution in [-0.4, -0.2) is 94.6 Å². The van der Waals surface area contributed by atoms with Crippen LogP contribution in [0.15, 0.2) is 0 Å². The Morgan fingerprint density at radius 3 is 1.72 bits per heavy atom. The van der Waals surface area contributed by atoms with Gasteiger partial charge < -0.3 is 15.5 Å². The van der Waals surface area contributed by atoms with Crippen molar-refractivity contribution < 1.29 is 28.8 Å². The summed E-state index contributed by atoms with van der Waals surface area (Å²) in [5, 5.41) is 0. The molecular weight excluding hydrogens is 668 g/mol. The lowest BCUT2D eigenvalue weighted by atomic mass is 9.73. The van der Waals surface area contributed by atoms with Gasteiger partial charge in [-0.3, -0.25) is 33.7 Å². The van der Waals surface area contributed by atoms with Crippen molar-refractivity contribution in [2.24, 2.45) is 56.5 Å². The molecule has 2 N–H and O–H groups in total. The fourth-order valence-electron chi connectivity index (χ4n) is 11.2. The highest BCUT2D eigenvalue weighted by molar-refractivity contribution is 6.36. The lowest BCUT2D eigenvalue weighted by Gasteiger charge is -2.45. The first-order chi connectivity index (χ1) is 24.4. The molecule has 3 aliphatic carbocycles. The number of likely N-dealkylation sites (tertiary alicyclic amines) is 1. The second-order valence-corrected chi connectivity index (χ2v) is 20.8. The zero-order valence-corrected chi connectivity index (χ0v) is 34.8. The number of amides is 3. The smallest absolute Gasteiger partial charge is 0.285 e. The predicted molar refractivity (Wildman–Crippen MR) is 205 cm³/mol. The summed E-state index contributed by atoms with van der Waals surface area (Å²) in [4.78, 5) is 88.9. The van der Waals surface area contributed by atoms with Gasteiger partial charge in [-0.25, -0.2) is 0 Å². The van der Waals surface area contributed by atoms with Crippen molar-refractivity contribution in [3.05, 3.63) is 0 Å². The molecule has 5 rings (SSSR count). The van der Waals surface area contributed by atoms with Gasteiger partial charge >= 0.3 is 0 Å². The number of hydrogen-bond acceptors (Lipinski definition) is 7. The maximum absolute atomic E-state index is 15.0. The van der Waals surface area contributed by atoms with E-state index >= 15 is 4.79 Å². The van der Waals surface area contributed by atoms with Crippen LogP contribution in [0.25, 0.3) is 0 Å². The van der Waals surface area contributed by atoms with Crippen LogP contribution in [-0.2, 0) is 28.8 Å². The van der Waals surface area contributed by atoms with Crippen molar-refractivity contribution in [3.63, 3.8) is 0 Å². The highest BCUT2D eigenvalue weighted by Gasteiger charge is 2.85. The van der Waals surface area contributed by atoms with Crippen molar-refractivity contribution in [2.45, 2.75) is 158 Å². The molecule has 0 aromatic carbocycles. The fraction of sp³-hybridized carbons (Fsp3) is 0.860. The lowest BCUT2D eigenvalue weighted by Crippen LogP contribution is -2.58. The number of hydrogen-bond donors (Lipinski definition) is 1. The van der Waals surface area contributed by atoms with Crippen LogP contribution < -0.4 is 5.73 Å². The summed E-state index contributed by atoms with van der Waals surface area (Å²) in [5.74, 6) is -3.91. The molecular formula is C43H70N4O6. The molecule has 1 unspecified atom stereocenters. The van der Waals surface area contributed by atoms with Crippen molar-refractivity contribution >= 4 is 35.1 Å². The molecule has 2 heterocycles. The number of rotatable bonds is 13. The Hall–Kier alpha value is -2.62. The predicted octanol–water partition coefficient (Wildman–Crippen LogP) is 5.83. The van der Waals surface area contributed by atoms with Crippen LogP contribution in [0.3, 0.4) is 0 Å². The molecule has 3 amide bonds. The lowest BCUT2D eigenvalue weighted by molar-refractivity contribution is -0.148. The van der Waals surface area contributed by atoms with E-state index in [4.69, 9.17) is 5.73 Å². The van der Waals surface area contributed by atoms with Gasteiger partial charge in [-0.2, -0.15) is 0 Å². The maximum atomic E-state index is 15.0. The Morgan fingerprint density at radius 2 is 1.30 bits per heavy atom. The largest absolute Gasteiger partial charge is 0.363 e. The minimum atomic E-state index is -1.01. The molecule has 53 heavy (non-hydrogen) atoms. The summed E-state index contributed by atoms with van der Waals surface area (Å²) < 4.78 is 0. The molecule has 10 nitrogen and oxygen atoms in total. The Labute approximate surface area is 319 Å². The van der Waals surface area contributed by atoms with Gasteiger partial charge in [-0.1, -0.05) is 81.1 Å². The van der Waals surface area contributed by atoms with Crippen molar-refractivity contribution in [1.29, 1.82) is 0 Å². The third kappa shape index (κ3) is 7.40. The van der Waals surface area contributed by atoms with Gasteiger partial charge in [0.25, 0.3) is 5.91 Å². The molecule has 2 saturated heterocycles. The van der Waals surface area contributed by atoms with Gasteiger partial charge in [0.2, 0.25) is 17.6 Å². The van der Waals surface area contributed by atoms with E-state index in [1.165, 1.54) is 0 Å². The Kier molecular flexibility index (Phi) is 11.3. The Morgan fingerprint density at radius 1 is 0.774 bits per heavy atom. The topological polar surface area (TPSA) is 138 Å². The molecule has 0 bridgehead atoms. The highest BCUT2D eigenvalue weighted by atomic mass is 16.2. The van der Waals surface area contributed by atoms with Crippen LogP contribution >= 0.6 is 0 Å². The first-order valence-corrected chi connectivity index (χ1v) is 20.6. The van der Waals surface area contributed by atoms with Gasteiger partial charge in [0, 0.05) is 74.1 Å². The van der Waals surface area contributed by atoms with E-state index in [9.17, 15) is 24.0 Å². The molecule has 5 fully saturated rings. The van der Waals surface area contributed by atoms with Crippen LogP contribution in [0.1, 0.15) is 140 Å². The van der Waals surface area contributed by atoms with Gasteiger partial charge in [-0.15, -0.1) is 0 Å². The number of piperazine rings is 1. The molecule has 7 atom stereocenters. The third-order valence-corrected chi connectivity index (χ3v) is 15.6. The third-order valence-electron chi connectivity index (χ3n) is 15.6. The summed E-state index contributed by atoms with van der Waals surface area (Å²) in [7, 11) is 2.08. The first-order valence-electron chi connectivity index (χ1n) is 20.6. The van der Waals surface area contributed by atoms with Gasteiger partial charge in [0.15, 0.2) is 5.78 Å². The molecule has 3 saturated carbocycles. The summed E-state index contributed by atoms with van der Waals surface area (Å²) in [6.45, 7) is 22.4. The molecule has 298 valence electrons. The summed E-state index contributed by atoms with van der Waals surface area (Å²) in [6, 6.07) is -0.310. The number of ketones is 3. The number of likely N-dealkylation sites (N-methyl/N-ethyl adjacent to an activating group) is 1. The summed E-state index contributed by atoms with van der Waals surface area (Å²) >= 11 is 0. The number of nitrogens with two attached hydrogens (primary N) is 1. The average Bonchev–Trinajstić information content (AvgIpc) is 3.22. The molecule has 5 aliphatic rings. The van der Waals surface area contributed by atoms with Crippen LogP contribution in [0.4, 0.5) is 0 Å². The summed E-state index contributed by atoms with van der Waals surface area (Å²) in [5.41, 5.74) is 4.24. The second-order valence-electron chi connectivity index (χ2n) is 20.8. The number of carbonyl (C=O) groups excluding carboxylic acids is 6. The van der Waals surface area contributed by atoms with E-state index in [1.54, 1.807) is 4.90 Å². The van der Waals surface area contributed by atoms with Crippen molar-refractivity contribution in [1.82, 2.24) is 14.7 Å². The average molecular weight is 739 g/mol. The number of carbonyl (C=O) groups is 6. The van der Waals surface area contributed by atoms with E-state index in [1.807, 2.05) is 46.4 Å². The minimum absolute atomic E-state index is 0.00726. The number of nitrogens with zero attached hydrogens (tertiary/aromatic N) is 3. The number of primary amides is 1. The zero-order chi connectivity index (χ0) is 39.6. The van der Waals surface area contributed by atoms with Crippen LogP contribution in [0.5, 0.6) is 0 Å². The standard InChI is InChI=1S/C43H70N4O6/c1-26-23-46(24-27(2)45(26)11)37(52)31(39(3,4)5)20-30(48)21-32(40(6,7)8)38(53)47-25-43(41(9,10)42(43)16-13-17-42)22-33(47)34(49)19-29(35(50)36(44)51)18-28-14-12-15-28/h26-29,31-33H,12-25H2,1-11H3,(H2,44,51)/t26-,27-,29?,31+,32+,33-,43+/m0/s1. The molecule has 2 spiro atoms. The molecule has 0 radical (unpaired) electrons. The van der Waals surface area contributed by atoms with Crippen molar-refractivity contribution in [3.8, 4) is 0 Å². The normalized spacial score (nSPS) is 30.0. The molecule has 0 aromatic heterocycles. The van der Waals surface area contributed by atoms with E-state index < -0.39 is 46.3 Å². The van der Waals surface area contributed by atoms with Crippen LogP contribution in [0.2, 0.25) is 0 Å². The van der Waals surface area contributed by atoms with Crippen LogP contribution in [0, 0.1) is 50.7 Å². The quantitative estimate of drug-likeness (QED) is 0.235. The van der Waals surface area contributed by atoms with Gasteiger partial charge in [-0.05, 0) is 74.2 Å². The second kappa shape index (κ2) is 14.5. The Balaban J connectivity index is 1.39. The monoisotopic (exact) mass is 739 g/mol. The zero-order valence-electron chi connectivity index (χ0n) is 34.8. The Bertz CT molecular complexity index is 1470. The van der Waals surface area contributed by atoms with E-state index in [0.29, 0.717) is 38.4 Å². The summed E-state index contributed by atoms with van der Waals surface area (Å²) in [6.07, 6.45) is 7.24. The van der Waals surface area contributed by atoms with Crippen molar-refractivity contribution in [2.75, 3.05) is 26.7 Å². The molecule has 0 aromatic rings. The number of Topliss-reactive ketones (excluding diaryl/α,β-unsaturated/α-hetero) is 3.